The molecule has 1 rings (SSSR count). The van der Waals surface area contributed by atoms with Crippen LogP contribution in [0.1, 0.15) is 5.56 Å². The van der Waals surface area contributed by atoms with Crippen LogP contribution in [-0.4, -0.2) is 12.0 Å². The van der Waals surface area contributed by atoms with Crippen LogP contribution in [-0.2, 0) is 6.54 Å². The number of nitrogens with one attached hydrogen (secondary N) is 1. The number of pyridine rings is 1. The standard InChI is InChI=1S/C7H8BrFN2/c1-10-4-5-2-3-11-7(8)6(5)9/h2-3,10H,4H2,1H3. The minimum atomic E-state index is -0.290. The topological polar surface area (TPSA) is 24.9 Å². The number of nitrogens with zero attached hydrogens (tertiary/aromatic N) is 1. The normalized spacial score (nSPS) is 10.1. The fourth-order valence-electron chi connectivity index (χ4n) is 0.782. The van der Waals surface area contributed by atoms with Crippen molar-refractivity contribution < 1.29 is 4.39 Å². The number of halogens is 2. The van der Waals surface area contributed by atoms with E-state index < -0.39 is 0 Å². The third kappa shape index (κ3) is 1.97. The molecule has 1 aromatic heterocycles. The van der Waals surface area contributed by atoms with Crippen molar-refractivity contribution >= 4 is 15.9 Å². The number of hydrogen-bond acceptors (Lipinski definition) is 2. The molecule has 0 saturated carbocycles. The second-order valence-electron chi connectivity index (χ2n) is 2.11. The van der Waals surface area contributed by atoms with E-state index in [1.54, 1.807) is 19.3 Å². The van der Waals surface area contributed by atoms with Crippen molar-refractivity contribution in [1.29, 1.82) is 0 Å². The highest BCUT2D eigenvalue weighted by atomic mass is 79.9. The van der Waals surface area contributed by atoms with E-state index in [4.69, 9.17) is 0 Å². The molecule has 0 saturated heterocycles. The molecule has 4 heteroatoms. The molecule has 0 amide bonds. The third-order valence-corrected chi connectivity index (χ3v) is 1.85. The Kier molecular flexibility index (Phi) is 2.96. The minimum absolute atomic E-state index is 0.269. The molecule has 0 fully saturated rings. The van der Waals surface area contributed by atoms with E-state index in [1.165, 1.54) is 0 Å². The van der Waals surface area contributed by atoms with Crippen LogP contribution in [0.25, 0.3) is 0 Å². The average Bonchev–Trinajstić information content (AvgIpc) is 1.99. The Labute approximate surface area is 73.0 Å². The van der Waals surface area contributed by atoms with Gasteiger partial charge in [0, 0.05) is 18.3 Å². The Morgan fingerprint density at radius 2 is 2.45 bits per heavy atom. The van der Waals surface area contributed by atoms with Crippen molar-refractivity contribution in [3.8, 4) is 0 Å². The zero-order valence-electron chi connectivity index (χ0n) is 6.06. The number of aromatic nitrogens is 1. The highest BCUT2D eigenvalue weighted by Gasteiger charge is 2.04. The molecule has 0 aliphatic heterocycles. The Hall–Kier alpha value is -0.480. The first kappa shape index (κ1) is 8.62. The van der Waals surface area contributed by atoms with Crippen LogP contribution in [0, 0.1) is 5.82 Å². The fourth-order valence-corrected chi connectivity index (χ4v) is 1.15. The molecule has 11 heavy (non-hydrogen) atoms. The van der Waals surface area contributed by atoms with Gasteiger partial charge in [0.15, 0.2) is 5.82 Å². The van der Waals surface area contributed by atoms with Gasteiger partial charge in [0.25, 0.3) is 0 Å². The zero-order chi connectivity index (χ0) is 8.27. The molecule has 0 unspecified atom stereocenters. The van der Waals surface area contributed by atoms with Gasteiger partial charge in [-0.1, -0.05) is 0 Å². The molecule has 60 valence electrons. The lowest BCUT2D eigenvalue weighted by atomic mass is 10.2. The van der Waals surface area contributed by atoms with E-state index in [0.29, 0.717) is 12.1 Å². The highest BCUT2D eigenvalue weighted by molar-refractivity contribution is 9.10. The van der Waals surface area contributed by atoms with Gasteiger partial charge in [0.05, 0.1) is 0 Å². The molecule has 0 aliphatic rings. The Morgan fingerprint density at radius 1 is 1.73 bits per heavy atom. The van der Waals surface area contributed by atoms with Crippen LogP contribution in [0.2, 0.25) is 0 Å². The van der Waals surface area contributed by atoms with Crippen molar-refractivity contribution in [2.24, 2.45) is 0 Å². The minimum Gasteiger partial charge on any atom is -0.316 e. The summed E-state index contributed by atoms with van der Waals surface area (Å²) in [4.78, 5) is 3.74. The molecule has 1 aromatic rings. The molecule has 2 nitrogen and oxygen atoms in total. The molecule has 0 aliphatic carbocycles. The highest BCUT2D eigenvalue weighted by Crippen LogP contribution is 2.14. The Balaban J connectivity index is 2.96. The first-order valence-corrected chi connectivity index (χ1v) is 3.98. The van der Waals surface area contributed by atoms with Gasteiger partial charge < -0.3 is 5.32 Å². The van der Waals surface area contributed by atoms with Crippen LogP contribution in [0.5, 0.6) is 0 Å². The van der Waals surface area contributed by atoms with Crippen molar-refractivity contribution in [2.45, 2.75) is 6.54 Å². The van der Waals surface area contributed by atoms with E-state index in [1.807, 2.05) is 0 Å². The van der Waals surface area contributed by atoms with E-state index >= 15 is 0 Å². The smallest absolute Gasteiger partial charge is 0.160 e. The van der Waals surface area contributed by atoms with E-state index in [0.717, 1.165) is 0 Å². The maximum absolute atomic E-state index is 13.0. The quantitative estimate of drug-likeness (QED) is 0.765. The lowest BCUT2D eigenvalue weighted by Gasteiger charge is -2.01. The van der Waals surface area contributed by atoms with Crippen molar-refractivity contribution in [3.05, 3.63) is 28.2 Å². The molecule has 0 radical (unpaired) electrons. The summed E-state index contributed by atoms with van der Waals surface area (Å²) in [6.07, 6.45) is 1.57. The lowest BCUT2D eigenvalue weighted by molar-refractivity contribution is 0.586. The molecule has 1 heterocycles. The predicted molar refractivity (Wildman–Crippen MR) is 44.7 cm³/mol. The monoisotopic (exact) mass is 218 g/mol. The van der Waals surface area contributed by atoms with Gasteiger partial charge in [-0.15, -0.1) is 0 Å². The van der Waals surface area contributed by atoms with E-state index in [2.05, 4.69) is 26.2 Å². The van der Waals surface area contributed by atoms with Gasteiger partial charge in [-0.05, 0) is 29.0 Å². The van der Waals surface area contributed by atoms with Gasteiger partial charge >= 0.3 is 0 Å². The summed E-state index contributed by atoms with van der Waals surface area (Å²) in [5.74, 6) is -0.290. The van der Waals surface area contributed by atoms with Gasteiger partial charge in [-0.25, -0.2) is 9.37 Å². The molecule has 0 spiro atoms. The van der Waals surface area contributed by atoms with Crippen LogP contribution in [0.3, 0.4) is 0 Å². The van der Waals surface area contributed by atoms with Gasteiger partial charge in [-0.2, -0.15) is 0 Å². The van der Waals surface area contributed by atoms with E-state index in [9.17, 15) is 4.39 Å². The second-order valence-corrected chi connectivity index (χ2v) is 2.86. The van der Waals surface area contributed by atoms with Crippen molar-refractivity contribution in [2.75, 3.05) is 7.05 Å². The summed E-state index contributed by atoms with van der Waals surface area (Å²) >= 11 is 3.00. The summed E-state index contributed by atoms with van der Waals surface area (Å²) in [6, 6.07) is 1.65. The van der Waals surface area contributed by atoms with Crippen molar-refractivity contribution in [3.63, 3.8) is 0 Å². The fraction of sp³-hybridized carbons (Fsp3) is 0.286. The maximum Gasteiger partial charge on any atom is 0.160 e. The summed E-state index contributed by atoms with van der Waals surface area (Å²) in [5.41, 5.74) is 0.620. The first-order chi connectivity index (χ1) is 5.25. The number of rotatable bonds is 2. The molecular weight excluding hydrogens is 211 g/mol. The predicted octanol–water partition coefficient (Wildman–Crippen LogP) is 1.70. The molecule has 1 N–H and O–H groups in total. The zero-order valence-corrected chi connectivity index (χ0v) is 7.65. The summed E-state index contributed by atoms with van der Waals surface area (Å²) < 4.78 is 13.3. The summed E-state index contributed by atoms with van der Waals surface area (Å²) in [7, 11) is 1.77. The molecule has 0 bridgehead atoms. The van der Waals surface area contributed by atoms with Gasteiger partial charge in [-0.3, -0.25) is 0 Å². The summed E-state index contributed by atoms with van der Waals surface area (Å²) in [5, 5.41) is 2.86. The van der Waals surface area contributed by atoms with Crippen molar-refractivity contribution in [1.82, 2.24) is 10.3 Å². The molecular formula is C7H8BrFN2. The number of hydrogen-bond donors (Lipinski definition) is 1. The Bertz CT molecular complexity index is 252. The Morgan fingerprint density at radius 3 is 3.09 bits per heavy atom. The van der Waals surface area contributed by atoms with Crippen LogP contribution >= 0.6 is 15.9 Å². The average molecular weight is 219 g/mol. The largest absolute Gasteiger partial charge is 0.316 e. The van der Waals surface area contributed by atoms with E-state index in [-0.39, 0.29) is 10.4 Å². The maximum atomic E-state index is 13.0. The third-order valence-electron chi connectivity index (χ3n) is 1.29. The van der Waals surface area contributed by atoms with Crippen LogP contribution < -0.4 is 5.32 Å². The van der Waals surface area contributed by atoms with Gasteiger partial charge in [0.1, 0.15) is 4.60 Å². The lowest BCUT2D eigenvalue weighted by Crippen LogP contribution is -2.07. The van der Waals surface area contributed by atoms with Crippen LogP contribution in [0.4, 0.5) is 4.39 Å². The summed E-state index contributed by atoms with van der Waals surface area (Å²) in [6.45, 7) is 0.521. The SMILES string of the molecule is CNCc1ccnc(Br)c1F. The second kappa shape index (κ2) is 3.78. The van der Waals surface area contributed by atoms with Gasteiger partial charge in [0.2, 0.25) is 0 Å². The first-order valence-electron chi connectivity index (χ1n) is 3.19. The molecule has 0 atom stereocenters. The molecule has 0 aromatic carbocycles. The van der Waals surface area contributed by atoms with Crippen LogP contribution in [0.15, 0.2) is 16.9 Å².